The summed E-state index contributed by atoms with van der Waals surface area (Å²) in [6.45, 7) is 1.93. The first kappa shape index (κ1) is 21.4. The molecule has 0 aliphatic rings. The van der Waals surface area contributed by atoms with E-state index in [2.05, 4.69) is 26.9 Å². The molecule has 0 saturated carbocycles. The molecule has 1 aromatic carbocycles. The van der Waals surface area contributed by atoms with Crippen molar-refractivity contribution in [1.29, 1.82) is 0 Å². The Kier molecular flexibility index (Phi) is 11.1. The zero-order valence-corrected chi connectivity index (χ0v) is 15.5. The van der Waals surface area contributed by atoms with Gasteiger partial charge in [0.2, 0.25) is 0 Å². The molecule has 1 aromatic rings. The number of guanidine groups is 1. The largest absolute Gasteiger partial charge is 0.493 e. The van der Waals surface area contributed by atoms with Crippen LogP contribution in [-0.2, 0) is 6.42 Å². The topological polar surface area (TPSA) is 54.9 Å². The molecule has 0 unspecified atom stereocenters. The molecule has 0 amide bonds. The van der Waals surface area contributed by atoms with Crippen molar-refractivity contribution in [2.24, 2.45) is 4.99 Å². The monoisotopic (exact) mass is 441 g/mol. The van der Waals surface area contributed by atoms with Crippen LogP contribution in [-0.4, -0.2) is 39.8 Å². The minimum atomic E-state index is -2.88. The summed E-state index contributed by atoms with van der Waals surface area (Å²) in [5.74, 6) is 0.960. The van der Waals surface area contributed by atoms with E-state index >= 15 is 0 Å². The van der Waals surface area contributed by atoms with Gasteiger partial charge < -0.3 is 20.1 Å². The fraction of sp³-hybridized carbons (Fsp3) is 0.400. The number of hydrogen-bond acceptors (Lipinski definition) is 3. The van der Waals surface area contributed by atoms with Crippen molar-refractivity contribution in [3.05, 3.63) is 36.4 Å². The fourth-order valence-electron chi connectivity index (χ4n) is 1.78. The van der Waals surface area contributed by atoms with E-state index in [1.54, 1.807) is 31.3 Å². The molecule has 1 rings (SSSR count). The number of ether oxygens (including phenoxy) is 2. The predicted octanol–water partition coefficient (Wildman–Crippen LogP) is 2.81. The lowest BCUT2D eigenvalue weighted by Gasteiger charge is -2.13. The van der Waals surface area contributed by atoms with Crippen LogP contribution in [0.15, 0.2) is 35.8 Å². The van der Waals surface area contributed by atoms with Crippen LogP contribution in [0, 0.1) is 0 Å². The van der Waals surface area contributed by atoms with Gasteiger partial charge in [0.05, 0.1) is 7.11 Å². The highest BCUT2D eigenvalue weighted by molar-refractivity contribution is 14.0. The number of benzene rings is 1. The summed E-state index contributed by atoms with van der Waals surface area (Å²) in [6, 6.07) is 4.96. The average molecular weight is 441 g/mol. The van der Waals surface area contributed by atoms with Crippen LogP contribution in [0.2, 0.25) is 0 Å². The second-order valence-electron chi connectivity index (χ2n) is 4.28. The molecule has 23 heavy (non-hydrogen) atoms. The van der Waals surface area contributed by atoms with Crippen LogP contribution in [0.1, 0.15) is 5.56 Å². The van der Waals surface area contributed by atoms with Gasteiger partial charge in [-0.05, 0) is 24.1 Å². The van der Waals surface area contributed by atoms with Gasteiger partial charge in [0.1, 0.15) is 0 Å². The molecule has 0 bridgehead atoms. The lowest BCUT2D eigenvalue weighted by atomic mass is 10.1. The highest BCUT2D eigenvalue weighted by atomic mass is 127. The maximum atomic E-state index is 12.4. The van der Waals surface area contributed by atoms with Gasteiger partial charge >= 0.3 is 6.61 Å². The van der Waals surface area contributed by atoms with Crippen molar-refractivity contribution >= 4 is 29.9 Å². The van der Waals surface area contributed by atoms with Gasteiger partial charge in [0, 0.05) is 20.1 Å². The normalized spacial score (nSPS) is 10.7. The number of nitrogens with zero attached hydrogens (tertiary/aromatic N) is 1. The average Bonchev–Trinajstić information content (AvgIpc) is 2.50. The fourth-order valence-corrected chi connectivity index (χ4v) is 1.78. The number of rotatable bonds is 8. The Balaban J connectivity index is 0.00000484. The number of methoxy groups -OCH3 is 1. The van der Waals surface area contributed by atoms with Crippen LogP contribution < -0.4 is 20.1 Å². The summed E-state index contributed by atoms with van der Waals surface area (Å²) in [6.07, 6.45) is 2.35. The molecule has 0 aromatic heterocycles. The van der Waals surface area contributed by atoms with Gasteiger partial charge in [0.25, 0.3) is 0 Å². The number of halogens is 3. The Morgan fingerprint density at radius 3 is 2.65 bits per heavy atom. The molecule has 8 heteroatoms. The zero-order valence-electron chi connectivity index (χ0n) is 13.1. The third-order valence-corrected chi connectivity index (χ3v) is 2.79. The number of nitrogens with one attached hydrogen (secondary N) is 2. The molecule has 0 atom stereocenters. The molecule has 0 saturated heterocycles. The number of hydrogen-bond donors (Lipinski definition) is 2. The molecule has 0 radical (unpaired) electrons. The van der Waals surface area contributed by atoms with Gasteiger partial charge in [-0.2, -0.15) is 8.78 Å². The third kappa shape index (κ3) is 8.00. The molecule has 0 spiro atoms. The highest BCUT2D eigenvalue weighted by Gasteiger charge is 2.11. The van der Waals surface area contributed by atoms with Crippen LogP contribution in [0.4, 0.5) is 8.78 Å². The molecule has 5 nitrogen and oxygen atoms in total. The van der Waals surface area contributed by atoms with E-state index in [4.69, 9.17) is 4.74 Å². The maximum absolute atomic E-state index is 12.4. The Morgan fingerprint density at radius 2 is 2.09 bits per heavy atom. The Hall–Kier alpha value is -1.58. The first-order chi connectivity index (χ1) is 10.6. The molecular formula is C15H22F2IN3O2. The highest BCUT2D eigenvalue weighted by Crippen LogP contribution is 2.29. The minimum Gasteiger partial charge on any atom is -0.493 e. The van der Waals surface area contributed by atoms with Crippen LogP contribution in [0.25, 0.3) is 0 Å². The van der Waals surface area contributed by atoms with Crippen molar-refractivity contribution in [2.45, 2.75) is 13.0 Å². The first-order valence-electron chi connectivity index (χ1n) is 6.77. The molecular weight excluding hydrogens is 419 g/mol. The van der Waals surface area contributed by atoms with E-state index in [0.29, 0.717) is 25.5 Å². The summed E-state index contributed by atoms with van der Waals surface area (Å²) in [5, 5.41) is 6.15. The lowest BCUT2D eigenvalue weighted by Crippen LogP contribution is -2.38. The van der Waals surface area contributed by atoms with E-state index in [9.17, 15) is 8.78 Å². The SMILES string of the molecule is C=CCNC(=NC)NCCc1ccc(OC)c(OC(F)F)c1.I. The summed E-state index contributed by atoms with van der Waals surface area (Å²) in [4.78, 5) is 4.04. The van der Waals surface area contributed by atoms with E-state index in [1.165, 1.54) is 7.11 Å². The van der Waals surface area contributed by atoms with Gasteiger partial charge in [0.15, 0.2) is 17.5 Å². The summed E-state index contributed by atoms with van der Waals surface area (Å²) in [5.41, 5.74) is 0.850. The summed E-state index contributed by atoms with van der Waals surface area (Å²) in [7, 11) is 3.07. The van der Waals surface area contributed by atoms with Crippen LogP contribution in [0.5, 0.6) is 11.5 Å². The van der Waals surface area contributed by atoms with E-state index in [0.717, 1.165) is 5.56 Å². The Bertz CT molecular complexity index is 513. The first-order valence-corrected chi connectivity index (χ1v) is 6.77. The van der Waals surface area contributed by atoms with Gasteiger partial charge in [-0.25, -0.2) is 0 Å². The van der Waals surface area contributed by atoms with Crippen molar-refractivity contribution in [3.63, 3.8) is 0 Å². The lowest BCUT2D eigenvalue weighted by molar-refractivity contribution is -0.0512. The Morgan fingerprint density at radius 1 is 1.35 bits per heavy atom. The molecule has 0 fully saturated rings. The predicted molar refractivity (Wildman–Crippen MR) is 98.3 cm³/mol. The van der Waals surface area contributed by atoms with Crippen molar-refractivity contribution in [2.75, 3.05) is 27.2 Å². The Labute approximate surface area is 152 Å². The van der Waals surface area contributed by atoms with Gasteiger partial charge in [-0.1, -0.05) is 12.1 Å². The zero-order chi connectivity index (χ0) is 16.4. The minimum absolute atomic E-state index is 0. The summed E-state index contributed by atoms with van der Waals surface area (Å²) < 4.78 is 34.2. The molecule has 130 valence electrons. The van der Waals surface area contributed by atoms with Crippen LogP contribution >= 0.6 is 24.0 Å². The maximum Gasteiger partial charge on any atom is 0.387 e. The van der Waals surface area contributed by atoms with E-state index < -0.39 is 6.61 Å². The van der Waals surface area contributed by atoms with Gasteiger partial charge in [-0.15, -0.1) is 30.6 Å². The quantitative estimate of drug-likeness (QED) is 0.282. The second-order valence-corrected chi connectivity index (χ2v) is 4.28. The second kappa shape index (κ2) is 11.9. The standard InChI is InChI=1S/C15H21F2N3O2.HI/c1-4-8-19-15(18-2)20-9-7-11-5-6-12(21-3)13(10-11)22-14(16)17;/h4-6,10,14H,1,7-9H2,2-3H3,(H2,18,19,20);1H. The third-order valence-electron chi connectivity index (χ3n) is 2.79. The molecule has 0 aliphatic carbocycles. The van der Waals surface area contributed by atoms with Crippen molar-refractivity contribution in [1.82, 2.24) is 10.6 Å². The van der Waals surface area contributed by atoms with E-state index in [1.807, 2.05) is 0 Å². The number of aliphatic imine (C=N–C) groups is 1. The molecule has 2 N–H and O–H groups in total. The number of alkyl halides is 2. The van der Waals surface area contributed by atoms with Gasteiger partial charge in [-0.3, -0.25) is 4.99 Å². The smallest absolute Gasteiger partial charge is 0.387 e. The van der Waals surface area contributed by atoms with Crippen LogP contribution in [0.3, 0.4) is 0 Å². The van der Waals surface area contributed by atoms with Crippen molar-refractivity contribution in [3.8, 4) is 11.5 Å². The molecule has 0 heterocycles. The van der Waals surface area contributed by atoms with Crippen molar-refractivity contribution < 1.29 is 18.3 Å². The van der Waals surface area contributed by atoms with E-state index in [-0.39, 0.29) is 35.5 Å². The molecule has 0 aliphatic heterocycles. The summed E-state index contributed by atoms with van der Waals surface area (Å²) >= 11 is 0.